The number of unbranched alkanes of at least 4 members (excludes halogenated alkanes) is 2. The Kier molecular flexibility index (Phi) is 13.0. The SMILES string of the molecule is C#CCCCCOc1cccc(-c2c(C(=O)Nc3ccccc3)c(C(C)C)n(CC[C@@H](O)C[C@@H](O)CC(=O)O)c2-c2ccc(F)cc2)c1. The van der Waals surface area contributed by atoms with Gasteiger partial charge in [-0.05, 0) is 91.3 Å². The molecule has 3 aromatic carbocycles. The molecule has 1 aromatic heterocycles. The van der Waals surface area contributed by atoms with Crippen molar-refractivity contribution in [1.29, 1.82) is 0 Å². The summed E-state index contributed by atoms with van der Waals surface area (Å²) in [5, 5.41) is 33.1. The van der Waals surface area contributed by atoms with Crippen LogP contribution in [0.1, 0.15) is 74.3 Å². The van der Waals surface area contributed by atoms with Gasteiger partial charge in [0, 0.05) is 29.9 Å². The van der Waals surface area contributed by atoms with Crippen LogP contribution < -0.4 is 10.1 Å². The number of aliphatic hydroxyl groups is 2. The number of nitrogens with zero attached hydrogens (tertiary/aromatic N) is 1. The Balaban J connectivity index is 1.89. The van der Waals surface area contributed by atoms with Gasteiger partial charge in [-0.2, -0.15) is 0 Å². The van der Waals surface area contributed by atoms with Crippen LogP contribution in [0, 0.1) is 18.2 Å². The van der Waals surface area contributed by atoms with E-state index in [2.05, 4.69) is 11.2 Å². The van der Waals surface area contributed by atoms with Crippen LogP contribution in [0.4, 0.5) is 10.1 Å². The Morgan fingerprint density at radius 2 is 1.69 bits per heavy atom. The van der Waals surface area contributed by atoms with Gasteiger partial charge in [-0.25, -0.2) is 4.39 Å². The quantitative estimate of drug-likeness (QED) is 0.0692. The van der Waals surface area contributed by atoms with E-state index in [1.165, 1.54) is 12.1 Å². The Labute approximate surface area is 281 Å². The minimum atomic E-state index is -1.21. The van der Waals surface area contributed by atoms with Gasteiger partial charge in [0.2, 0.25) is 0 Å². The maximum absolute atomic E-state index is 14.4. The predicted octanol–water partition coefficient (Wildman–Crippen LogP) is 7.50. The van der Waals surface area contributed by atoms with E-state index in [0.29, 0.717) is 58.1 Å². The molecule has 0 saturated carbocycles. The van der Waals surface area contributed by atoms with Gasteiger partial charge in [0.15, 0.2) is 0 Å². The Bertz CT molecular complexity index is 1710. The fourth-order valence-corrected chi connectivity index (χ4v) is 5.86. The van der Waals surface area contributed by atoms with Crippen LogP contribution in [-0.4, -0.2) is 50.6 Å². The van der Waals surface area contributed by atoms with Crippen molar-refractivity contribution in [2.24, 2.45) is 0 Å². The van der Waals surface area contributed by atoms with Gasteiger partial charge >= 0.3 is 5.97 Å². The lowest BCUT2D eigenvalue weighted by atomic mass is 9.94. The third-order valence-corrected chi connectivity index (χ3v) is 7.97. The van der Waals surface area contributed by atoms with E-state index in [1.54, 1.807) is 24.3 Å². The van der Waals surface area contributed by atoms with Crippen molar-refractivity contribution < 1.29 is 34.0 Å². The number of carbonyl (C=O) groups excluding carboxylic acids is 1. The highest BCUT2D eigenvalue weighted by Crippen LogP contribution is 2.43. The largest absolute Gasteiger partial charge is 0.494 e. The molecule has 1 heterocycles. The van der Waals surface area contributed by atoms with Crippen LogP contribution in [0.15, 0.2) is 78.9 Å². The Morgan fingerprint density at radius 3 is 2.35 bits per heavy atom. The lowest BCUT2D eigenvalue weighted by molar-refractivity contribution is -0.139. The van der Waals surface area contributed by atoms with Crippen molar-refractivity contribution in [3.63, 3.8) is 0 Å². The Hall–Kier alpha value is -4.91. The number of terminal acetylenes is 1. The van der Waals surface area contributed by atoms with Crippen molar-refractivity contribution in [3.05, 3.63) is 95.9 Å². The number of rotatable bonds is 17. The number of carboxylic acids is 1. The molecule has 0 radical (unpaired) electrons. The second-order valence-electron chi connectivity index (χ2n) is 12.1. The molecule has 4 aromatic rings. The topological polar surface area (TPSA) is 121 Å². The number of carboxylic acid groups (broad SMARTS) is 1. The highest BCUT2D eigenvalue weighted by Gasteiger charge is 2.31. The second-order valence-corrected chi connectivity index (χ2v) is 12.1. The zero-order valence-corrected chi connectivity index (χ0v) is 27.4. The van der Waals surface area contributed by atoms with E-state index in [4.69, 9.17) is 16.3 Å². The zero-order chi connectivity index (χ0) is 34.6. The van der Waals surface area contributed by atoms with Gasteiger partial charge in [-0.1, -0.05) is 44.2 Å². The number of anilines is 1. The zero-order valence-electron chi connectivity index (χ0n) is 27.4. The number of para-hydroxylation sites is 1. The normalized spacial score (nSPS) is 12.4. The fourth-order valence-electron chi connectivity index (χ4n) is 5.86. The highest BCUT2D eigenvalue weighted by atomic mass is 19.1. The molecule has 0 bridgehead atoms. The van der Waals surface area contributed by atoms with Crippen LogP contribution in [0.5, 0.6) is 5.75 Å². The molecule has 0 fully saturated rings. The van der Waals surface area contributed by atoms with Crippen LogP contribution >= 0.6 is 0 Å². The van der Waals surface area contributed by atoms with Gasteiger partial charge in [0.1, 0.15) is 11.6 Å². The first-order valence-electron chi connectivity index (χ1n) is 16.2. The van der Waals surface area contributed by atoms with E-state index < -0.39 is 30.4 Å². The molecule has 0 aliphatic rings. The number of hydrogen-bond donors (Lipinski definition) is 4. The number of halogens is 1. The van der Waals surface area contributed by atoms with Gasteiger partial charge in [-0.3, -0.25) is 9.59 Å². The molecule has 48 heavy (non-hydrogen) atoms. The third kappa shape index (κ3) is 9.57. The standard InChI is InChI=1S/C39H43FN2O6/c1-4-5-6-10-22-48-33-15-11-12-28(23-33)35-36(39(47)41-30-13-8-7-9-14-30)37(26(2)3)42(38(35)27-16-18-29(40)19-17-27)21-20-31(43)24-32(44)25-34(45)46/h1,7-9,11-19,23,26,31-32,43-44H,5-6,10,20-22,24-25H2,2-3H3,(H,41,47)(H,45,46)/t31-,32-/m1/s1. The Morgan fingerprint density at radius 1 is 0.958 bits per heavy atom. The molecule has 1 amide bonds. The molecular weight excluding hydrogens is 611 g/mol. The van der Waals surface area contributed by atoms with Gasteiger partial charge in [0.05, 0.1) is 36.5 Å². The summed E-state index contributed by atoms with van der Waals surface area (Å²) in [4.78, 5) is 25.4. The van der Waals surface area contributed by atoms with Gasteiger partial charge in [0.25, 0.3) is 5.91 Å². The number of ether oxygens (including phenoxy) is 1. The predicted molar refractivity (Wildman–Crippen MR) is 185 cm³/mol. The summed E-state index contributed by atoms with van der Waals surface area (Å²) < 4.78 is 22.3. The first kappa shape index (κ1) is 35.9. The lowest BCUT2D eigenvalue weighted by Crippen LogP contribution is -2.22. The van der Waals surface area contributed by atoms with Crippen LogP contribution in [-0.2, 0) is 11.3 Å². The summed E-state index contributed by atoms with van der Waals surface area (Å²) in [6, 6.07) is 22.7. The van der Waals surface area contributed by atoms with Crippen LogP contribution in [0.3, 0.4) is 0 Å². The van der Waals surface area contributed by atoms with E-state index >= 15 is 0 Å². The summed E-state index contributed by atoms with van der Waals surface area (Å²) >= 11 is 0. The summed E-state index contributed by atoms with van der Waals surface area (Å²) in [6.07, 6.45) is 5.03. The number of amides is 1. The summed E-state index contributed by atoms with van der Waals surface area (Å²) in [5.41, 5.74) is 4.40. The number of carbonyl (C=O) groups is 2. The molecule has 0 unspecified atom stereocenters. The molecule has 0 aliphatic carbocycles. The maximum Gasteiger partial charge on any atom is 0.305 e. The van der Waals surface area contributed by atoms with E-state index in [0.717, 1.165) is 12.8 Å². The maximum atomic E-state index is 14.4. The smallest absolute Gasteiger partial charge is 0.305 e. The fraction of sp³-hybridized carbons (Fsp3) is 0.333. The third-order valence-electron chi connectivity index (χ3n) is 7.97. The van der Waals surface area contributed by atoms with Gasteiger partial charge < -0.3 is 29.9 Å². The van der Waals surface area contributed by atoms with Crippen molar-refractivity contribution in [3.8, 4) is 40.5 Å². The molecule has 4 N–H and O–H groups in total. The molecule has 8 nitrogen and oxygen atoms in total. The molecule has 2 atom stereocenters. The van der Waals surface area contributed by atoms with E-state index in [9.17, 15) is 24.2 Å². The minimum absolute atomic E-state index is 0.120. The summed E-state index contributed by atoms with van der Waals surface area (Å²) in [5.74, 6) is 1.19. The molecule has 9 heteroatoms. The number of aromatic nitrogens is 1. The monoisotopic (exact) mass is 654 g/mol. The molecule has 0 spiro atoms. The number of aliphatic hydroxyl groups excluding tert-OH is 2. The summed E-state index contributed by atoms with van der Waals surface area (Å²) in [7, 11) is 0. The number of nitrogens with one attached hydrogen (secondary N) is 1. The summed E-state index contributed by atoms with van der Waals surface area (Å²) in [6.45, 7) is 4.66. The first-order chi connectivity index (χ1) is 23.1. The lowest BCUT2D eigenvalue weighted by Gasteiger charge is -2.20. The van der Waals surface area contributed by atoms with Crippen molar-refractivity contribution in [2.45, 2.75) is 77.0 Å². The van der Waals surface area contributed by atoms with E-state index in [-0.39, 0.29) is 31.2 Å². The van der Waals surface area contributed by atoms with E-state index in [1.807, 2.05) is 60.9 Å². The molecular formula is C39H43FN2O6. The number of hydrogen-bond acceptors (Lipinski definition) is 5. The second kappa shape index (κ2) is 17.3. The number of aliphatic carboxylic acids is 1. The van der Waals surface area contributed by atoms with Crippen molar-refractivity contribution in [2.75, 3.05) is 11.9 Å². The molecule has 4 rings (SSSR count). The van der Waals surface area contributed by atoms with Crippen LogP contribution in [0.2, 0.25) is 0 Å². The molecule has 0 saturated heterocycles. The molecule has 252 valence electrons. The molecule has 0 aliphatic heterocycles. The minimum Gasteiger partial charge on any atom is -0.494 e. The average molecular weight is 655 g/mol. The number of benzene rings is 3. The van der Waals surface area contributed by atoms with Crippen LogP contribution in [0.25, 0.3) is 22.4 Å². The van der Waals surface area contributed by atoms with Gasteiger partial charge in [-0.15, -0.1) is 12.3 Å². The highest BCUT2D eigenvalue weighted by molar-refractivity contribution is 6.12. The van der Waals surface area contributed by atoms with Crippen molar-refractivity contribution >= 4 is 17.6 Å². The first-order valence-corrected chi connectivity index (χ1v) is 16.2. The average Bonchev–Trinajstić information content (AvgIpc) is 3.40. The van der Waals surface area contributed by atoms with Crippen molar-refractivity contribution in [1.82, 2.24) is 4.57 Å².